The highest BCUT2D eigenvalue weighted by molar-refractivity contribution is 6.42. The Labute approximate surface area is 134 Å². The summed E-state index contributed by atoms with van der Waals surface area (Å²) in [5.41, 5.74) is 7.85. The minimum absolute atomic E-state index is 0.0461. The molecule has 21 heavy (non-hydrogen) atoms. The molecule has 0 radical (unpaired) electrons. The van der Waals surface area contributed by atoms with Gasteiger partial charge in [-0.15, -0.1) is 0 Å². The Kier molecular flexibility index (Phi) is 5.45. The third-order valence-electron chi connectivity index (χ3n) is 3.43. The molecule has 2 aromatic rings. The predicted octanol–water partition coefficient (Wildman–Crippen LogP) is 4.66. The highest BCUT2D eigenvalue weighted by Gasteiger charge is 2.19. The number of nitrogens with two attached hydrogens (primary N) is 1. The summed E-state index contributed by atoms with van der Waals surface area (Å²) in [6, 6.07) is 11.8. The fraction of sp³-hybridized carbons (Fsp3) is 0.250. The van der Waals surface area contributed by atoms with Gasteiger partial charge in [-0.2, -0.15) is 0 Å². The van der Waals surface area contributed by atoms with E-state index in [4.69, 9.17) is 28.9 Å². The summed E-state index contributed by atoms with van der Waals surface area (Å²) in [6.07, 6.45) is 0. The number of nitrogens with zero attached hydrogens (tertiary/aromatic N) is 1. The van der Waals surface area contributed by atoms with E-state index < -0.39 is 0 Å². The van der Waals surface area contributed by atoms with Gasteiger partial charge in [0.15, 0.2) is 0 Å². The van der Waals surface area contributed by atoms with E-state index in [0.29, 0.717) is 16.6 Å². The minimum Gasteiger partial charge on any atom is -0.363 e. The average Bonchev–Trinajstić information content (AvgIpc) is 2.49. The zero-order valence-corrected chi connectivity index (χ0v) is 13.2. The first-order valence-electron chi connectivity index (χ1n) is 6.74. The number of hydrogen-bond donors (Lipinski definition) is 1. The van der Waals surface area contributed by atoms with Crippen LogP contribution in [0.25, 0.3) is 0 Å². The summed E-state index contributed by atoms with van der Waals surface area (Å²) in [6.45, 7) is 3.19. The zero-order chi connectivity index (χ0) is 15.4. The van der Waals surface area contributed by atoms with E-state index in [1.54, 1.807) is 18.2 Å². The molecule has 0 aliphatic rings. The molecule has 2 N–H and O–H groups in total. The topological polar surface area (TPSA) is 29.3 Å². The SMILES string of the molecule is CCN(c1ccc(F)cc1)C(CN)c1ccc(Cl)c(Cl)c1. The fourth-order valence-electron chi connectivity index (χ4n) is 2.38. The van der Waals surface area contributed by atoms with Crippen molar-refractivity contribution in [3.05, 3.63) is 63.9 Å². The maximum absolute atomic E-state index is 13.1. The highest BCUT2D eigenvalue weighted by atomic mass is 35.5. The van der Waals surface area contributed by atoms with E-state index in [1.807, 2.05) is 19.1 Å². The first-order chi connectivity index (χ1) is 10.1. The van der Waals surface area contributed by atoms with Gasteiger partial charge in [0, 0.05) is 18.8 Å². The Hall–Kier alpha value is -1.29. The van der Waals surface area contributed by atoms with Crippen LogP contribution in [0.5, 0.6) is 0 Å². The van der Waals surface area contributed by atoms with Crippen molar-refractivity contribution in [1.29, 1.82) is 0 Å². The molecule has 2 aromatic carbocycles. The van der Waals surface area contributed by atoms with Gasteiger partial charge < -0.3 is 10.6 Å². The van der Waals surface area contributed by atoms with Crippen molar-refractivity contribution in [3.63, 3.8) is 0 Å². The predicted molar refractivity (Wildman–Crippen MR) is 87.7 cm³/mol. The number of halogens is 3. The van der Waals surface area contributed by atoms with Gasteiger partial charge in [-0.25, -0.2) is 4.39 Å². The first kappa shape index (κ1) is 16.1. The highest BCUT2D eigenvalue weighted by Crippen LogP contribution is 2.30. The Morgan fingerprint density at radius 3 is 2.29 bits per heavy atom. The summed E-state index contributed by atoms with van der Waals surface area (Å²) in [7, 11) is 0. The van der Waals surface area contributed by atoms with Crippen LogP contribution in [0, 0.1) is 5.82 Å². The van der Waals surface area contributed by atoms with Crippen LogP contribution < -0.4 is 10.6 Å². The molecule has 2 rings (SSSR count). The summed E-state index contributed by atoms with van der Waals surface area (Å²) in [5.74, 6) is -0.256. The van der Waals surface area contributed by atoms with Crippen LogP contribution in [0.1, 0.15) is 18.5 Å². The van der Waals surface area contributed by atoms with Crippen molar-refractivity contribution in [2.75, 3.05) is 18.0 Å². The van der Waals surface area contributed by atoms with Crippen LogP contribution in [0.15, 0.2) is 42.5 Å². The molecule has 112 valence electrons. The van der Waals surface area contributed by atoms with Crippen LogP contribution >= 0.6 is 23.2 Å². The van der Waals surface area contributed by atoms with Crippen molar-refractivity contribution in [1.82, 2.24) is 0 Å². The molecule has 0 saturated heterocycles. The minimum atomic E-state index is -0.256. The van der Waals surface area contributed by atoms with E-state index in [9.17, 15) is 4.39 Å². The zero-order valence-electron chi connectivity index (χ0n) is 11.7. The van der Waals surface area contributed by atoms with Crippen molar-refractivity contribution in [3.8, 4) is 0 Å². The quantitative estimate of drug-likeness (QED) is 0.865. The molecule has 0 fully saturated rings. The van der Waals surface area contributed by atoms with Crippen LogP contribution in [0.4, 0.5) is 10.1 Å². The third-order valence-corrected chi connectivity index (χ3v) is 4.17. The standard InChI is InChI=1S/C16H17Cl2FN2/c1-2-21(13-6-4-12(19)5-7-13)16(10-20)11-3-8-14(17)15(18)9-11/h3-9,16H,2,10,20H2,1H3. The second kappa shape index (κ2) is 7.12. The van der Waals surface area contributed by atoms with Crippen molar-refractivity contribution in [2.45, 2.75) is 13.0 Å². The lowest BCUT2D eigenvalue weighted by molar-refractivity contribution is 0.622. The number of anilines is 1. The molecule has 1 atom stereocenters. The smallest absolute Gasteiger partial charge is 0.123 e. The van der Waals surface area contributed by atoms with Crippen LogP contribution in [-0.4, -0.2) is 13.1 Å². The van der Waals surface area contributed by atoms with Crippen molar-refractivity contribution < 1.29 is 4.39 Å². The van der Waals surface area contributed by atoms with E-state index in [1.165, 1.54) is 12.1 Å². The van der Waals surface area contributed by atoms with Crippen molar-refractivity contribution >= 4 is 28.9 Å². The van der Waals surface area contributed by atoms with Gasteiger partial charge in [0.2, 0.25) is 0 Å². The molecule has 0 aliphatic heterocycles. The molecule has 2 nitrogen and oxygen atoms in total. The van der Waals surface area contributed by atoms with Gasteiger partial charge >= 0.3 is 0 Å². The molecule has 1 unspecified atom stereocenters. The monoisotopic (exact) mass is 326 g/mol. The number of benzene rings is 2. The first-order valence-corrected chi connectivity index (χ1v) is 7.49. The summed E-state index contributed by atoms with van der Waals surface area (Å²) >= 11 is 12.0. The number of rotatable bonds is 5. The lowest BCUT2D eigenvalue weighted by atomic mass is 10.0. The third kappa shape index (κ3) is 3.67. The molecule has 0 aromatic heterocycles. The Morgan fingerprint density at radius 1 is 1.10 bits per heavy atom. The van der Waals surface area contributed by atoms with Crippen LogP contribution in [0.2, 0.25) is 10.0 Å². The molecule has 0 saturated carbocycles. The fourth-order valence-corrected chi connectivity index (χ4v) is 2.68. The molecule has 0 bridgehead atoms. The molecule has 0 amide bonds. The second-order valence-electron chi connectivity index (χ2n) is 4.69. The summed E-state index contributed by atoms with van der Waals surface area (Å²) in [5, 5.41) is 1.02. The largest absolute Gasteiger partial charge is 0.363 e. The molecule has 0 aliphatic carbocycles. The van der Waals surface area contributed by atoms with E-state index in [2.05, 4.69) is 4.90 Å². The lowest BCUT2D eigenvalue weighted by Gasteiger charge is -2.32. The maximum Gasteiger partial charge on any atom is 0.123 e. The van der Waals surface area contributed by atoms with Gasteiger partial charge in [0.25, 0.3) is 0 Å². The molecule has 0 spiro atoms. The average molecular weight is 327 g/mol. The van der Waals surface area contributed by atoms with Gasteiger partial charge in [-0.05, 0) is 48.9 Å². The van der Waals surface area contributed by atoms with Gasteiger partial charge in [0.1, 0.15) is 5.82 Å². The van der Waals surface area contributed by atoms with Gasteiger partial charge in [0.05, 0.1) is 16.1 Å². The van der Waals surface area contributed by atoms with Crippen LogP contribution in [0.3, 0.4) is 0 Å². The Bertz CT molecular complexity index is 602. The molecule has 0 heterocycles. The molecular weight excluding hydrogens is 310 g/mol. The van der Waals surface area contributed by atoms with E-state index in [-0.39, 0.29) is 11.9 Å². The Morgan fingerprint density at radius 2 is 1.76 bits per heavy atom. The van der Waals surface area contributed by atoms with E-state index >= 15 is 0 Å². The van der Waals surface area contributed by atoms with Gasteiger partial charge in [-0.3, -0.25) is 0 Å². The molecule has 5 heteroatoms. The van der Waals surface area contributed by atoms with Gasteiger partial charge in [-0.1, -0.05) is 29.3 Å². The lowest BCUT2D eigenvalue weighted by Crippen LogP contribution is -2.33. The normalized spacial score (nSPS) is 12.2. The van der Waals surface area contributed by atoms with E-state index in [0.717, 1.165) is 17.8 Å². The maximum atomic E-state index is 13.1. The Balaban J connectivity index is 2.36. The summed E-state index contributed by atoms with van der Waals surface area (Å²) in [4.78, 5) is 2.11. The number of hydrogen-bond acceptors (Lipinski definition) is 2. The van der Waals surface area contributed by atoms with Crippen LogP contribution in [-0.2, 0) is 0 Å². The molecular formula is C16H17Cl2FN2. The van der Waals surface area contributed by atoms with Crippen molar-refractivity contribution in [2.24, 2.45) is 5.73 Å². The summed E-state index contributed by atoms with van der Waals surface area (Å²) < 4.78 is 13.1. The second-order valence-corrected chi connectivity index (χ2v) is 5.50. The number of likely N-dealkylation sites (N-methyl/N-ethyl adjacent to an activating group) is 1.